The number of hydrogen-bond acceptors (Lipinski definition) is 6. The molecule has 2 atom stereocenters. The summed E-state index contributed by atoms with van der Waals surface area (Å²) in [6.07, 6.45) is 0. The highest BCUT2D eigenvalue weighted by molar-refractivity contribution is 5.48. The molecule has 6 aromatic carbocycles. The monoisotopic (exact) mass is 608 g/mol. The fraction of sp³-hybridized carbons (Fsp3) is 0.100. The van der Waals surface area contributed by atoms with Crippen molar-refractivity contribution >= 4 is 0 Å². The molecule has 0 amide bonds. The standard InChI is InChI=1S/C40H36N2O4/c43-33-23-11-7-19-29(33)39(30-20-8-12-24-34(30)44)41-37(27-15-3-1-4-16-27)38(28-17-5-2-6-18-28)42-40(31-21-9-13-25-35(31)45)32-22-10-14-26-36(32)46/h1-26,37-46H/t37-,38?/m1/s1. The van der Waals surface area contributed by atoms with Crippen molar-refractivity contribution in [2.45, 2.75) is 24.2 Å². The molecular weight excluding hydrogens is 572 g/mol. The molecule has 0 fully saturated rings. The fourth-order valence-electron chi connectivity index (χ4n) is 6.07. The predicted molar refractivity (Wildman–Crippen MR) is 181 cm³/mol. The van der Waals surface area contributed by atoms with Crippen molar-refractivity contribution in [2.75, 3.05) is 0 Å². The van der Waals surface area contributed by atoms with Crippen molar-refractivity contribution in [1.82, 2.24) is 10.6 Å². The van der Waals surface area contributed by atoms with Crippen LogP contribution in [-0.2, 0) is 0 Å². The molecule has 0 radical (unpaired) electrons. The van der Waals surface area contributed by atoms with Gasteiger partial charge in [0.15, 0.2) is 0 Å². The fourth-order valence-corrected chi connectivity index (χ4v) is 6.07. The second kappa shape index (κ2) is 14.0. The van der Waals surface area contributed by atoms with Gasteiger partial charge in [0, 0.05) is 22.3 Å². The highest BCUT2D eigenvalue weighted by Gasteiger charge is 2.33. The van der Waals surface area contributed by atoms with E-state index in [1.165, 1.54) is 0 Å². The zero-order valence-electron chi connectivity index (χ0n) is 25.1. The molecule has 0 saturated heterocycles. The summed E-state index contributed by atoms with van der Waals surface area (Å²) in [6.45, 7) is 0. The highest BCUT2D eigenvalue weighted by atomic mass is 16.3. The Labute approximate surface area is 268 Å². The highest BCUT2D eigenvalue weighted by Crippen LogP contribution is 2.42. The zero-order valence-corrected chi connectivity index (χ0v) is 25.1. The Bertz CT molecular complexity index is 1650. The average Bonchev–Trinajstić information content (AvgIpc) is 3.09. The normalized spacial score (nSPS) is 12.7. The van der Waals surface area contributed by atoms with Gasteiger partial charge in [-0.3, -0.25) is 10.6 Å². The first-order valence-corrected chi connectivity index (χ1v) is 15.2. The number of benzene rings is 6. The van der Waals surface area contributed by atoms with Crippen LogP contribution in [0.1, 0.15) is 57.5 Å². The number of nitrogens with one attached hydrogen (secondary N) is 2. The van der Waals surface area contributed by atoms with E-state index in [4.69, 9.17) is 0 Å². The molecule has 6 N–H and O–H groups in total. The summed E-state index contributed by atoms with van der Waals surface area (Å²) in [4.78, 5) is 0. The van der Waals surface area contributed by atoms with Gasteiger partial charge in [-0.2, -0.15) is 0 Å². The van der Waals surface area contributed by atoms with Crippen molar-refractivity contribution in [2.24, 2.45) is 0 Å². The molecular formula is C40H36N2O4. The van der Waals surface area contributed by atoms with Gasteiger partial charge in [-0.15, -0.1) is 0 Å². The summed E-state index contributed by atoms with van der Waals surface area (Å²) in [7, 11) is 0. The summed E-state index contributed by atoms with van der Waals surface area (Å²) >= 11 is 0. The van der Waals surface area contributed by atoms with Crippen molar-refractivity contribution in [3.05, 3.63) is 191 Å². The van der Waals surface area contributed by atoms with Gasteiger partial charge >= 0.3 is 0 Å². The molecule has 6 aromatic rings. The van der Waals surface area contributed by atoms with Crippen LogP contribution in [0.2, 0.25) is 0 Å². The van der Waals surface area contributed by atoms with Crippen molar-refractivity contribution in [1.29, 1.82) is 0 Å². The minimum Gasteiger partial charge on any atom is -0.508 e. The lowest BCUT2D eigenvalue weighted by Crippen LogP contribution is -2.39. The molecule has 0 aliphatic rings. The Morgan fingerprint density at radius 2 is 0.543 bits per heavy atom. The Morgan fingerprint density at radius 1 is 0.304 bits per heavy atom. The van der Waals surface area contributed by atoms with Gasteiger partial charge < -0.3 is 20.4 Å². The zero-order chi connectivity index (χ0) is 31.9. The molecule has 0 aliphatic heterocycles. The second-order valence-electron chi connectivity index (χ2n) is 11.2. The van der Waals surface area contributed by atoms with E-state index >= 15 is 0 Å². The van der Waals surface area contributed by atoms with E-state index in [9.17, 15) is 20.4 Å². The summed E-state index contributed by atoms with van der Waals surface area (Å²) in [5.74, 6) is 0.391. The number of para-hydroxylation sites is 4. The van der Waals surface area contributed by atoms with E-state index < -0.39 is 24.2 Å². The molecule has 0 aromatic heterocycles. The lowest BCUT2D eigenvalue weighted by atomic mass is 9.87. The van der Waals surface area contributed by atoms with Gasteiger partial charge in [0.2, 0.25) is 0 Å². The van der Waals surface area contributed by atoms with Gasteiger partial charge in [-0.25, -0.2) is 0 Å². The van der Waals surface area contributed by atoms with Crippen molar-refractivity contribution < 1.29 is 20.4 Å². The number of phenols is 4. The summed E-state index contributed by atoms with van der Waals surface area (Å²) in [5, 5.41) is 52.0. The maximum Gasteiger partial charge on any atom is 0.120 e. The third-order valence-electron chi connectivity index (χ3n) is 8.33. The largest absolute Gasteiger partial charge is 0.508 e. The van der Waals surface area contributed by atoms with Gasteiger partial charge in [0.1, 0.15) is 23.0 Å². The van der Waals surface area contributed by atoms with Gasteiger partial charge in [-0.1, -0.05) is 133 Å². The second-order valence-corrected chi connectivity index (χ2v) is 11.2. The van der Waals surface area contributed by atoms with Crippen LogP contribution in [0, 0.1) is 0 Å². The van der Waals surface area contributed by atoms with Crippen LogP contribution >= 0.6 is 0 Å². The van der Waals surface area contributed by atoms with E-state index in [1.54, 1.807) is 48.5 Å². The first-order chi connectivity index (χ1) is 22.5. The van der Waals surface area contributed by atoms with Gasteiger partial charge in [0.05, 0.1) is 24.2 Å². The summed E-state index contributed by atoms with van der Waals surface area (Å²) in [6, 6.07) is 46.3. The third kappa shape index (κ3) is 6.59. The summed E-state index contributed by atoms with van der Waals surface area (Å²) in [5.41, 5.74) is 4.33. The molecule has 230 valence electrons. The predicted octanol–water partition coefficient (Wildman–Crippen LogP) is 8.05. The Morgan fingerprint density at radius 3 is 0.804 bits per heavy atom. The average molecular weight is 609 g/mol. The Balaban J connectivity index is 1.55. The lowest BCUT2D eigenvalue weighted by Gasteiger charge is -2.37. The lowest BCUT2D eigenvalue weighted by molar-refractivity contribution is 0.332. The molecule has 0 spiro atoms. The van der Waals surface area contributed by atoms with E-state index in [1.807, 2.05) is 109 Å². The molecule has 1 unspecified atom stereocenters. The minimum atomic E-state index is -0.616. The van der Waals surface area contributed by atoms with E-state index in [2.05, 4.69) is 10.6 Å². The maximum absolute atomic E-state index is 11.1. The first-order valence-electron chi connectivity index (χ1n) is 15.2. The van der Waals surface area contributed by atoms with Gasteiger partial charge in [0.25, 0.3) is 0 Å². The minimum absolute atomic E-state index is 0.0978. The van der Waals surface area contributed by atoms with Crippen molar-refractivity contribution in [3.63, 3.8) is 0 Å². The van der Waals surface area contributed by atoms with E-state index in [0.29, 0.717) is 22.3 Å². The van der Waals surface area contributed by atoms with E-state index in [0.717, 1.165) is 11.1 Å². The number of rotatable bonds is 11. The smallest absolute Gasteiger partial charge is 0.120 e. The molecule has 6 heteroatoms. The van der Waals surface area contributed by atoms with Crippen LogP contribution in [0.3, 0.4) is 0 Å². The van der Waals surface area contributed by atoms with Crippen LogP contribution < -0.4 is 10.6 Å². The van der Waals surface area contributed by atoms with E-state index in [-0.39, 0.29) is 23.0 Å². The van der Waals surface area contributed by atoms with Crippen LogP contribution in [0.25, 0.3) is 0 Å². The maximum atomic E-state index is 11.1. The van der Waals surface area contributed by atoms with Crippen LogP contribution in [0.4, 0.5) is 0 Å². The molecule has 0 heterocycles. The van der Waals surface area contributed by atoms with Crippen molar-refractivity contribution in [3.8, 4) is 23.0 Å². The summed E-state index contributed by atoms with van der Waals surface area (Å²) < 4.78 is 0. The Hall–Kier alpha value is -5.56. The molecule has 6 nitrogen and oxygen atoms in total. The topological polar surface area (TPSA) is 105 Å². The molecule has 0 saturated carbocycles. The van der Waals surface area contributed by atoms with Crippen LogP contribution in [0.5, 0.6) is 23.0 Å². The number of aromatic hydroxyl groups is 4. The molecule has 6 rings (SSSR count). The van der Waals surface area contributed by atoms with Gasteiger partial charge in [-0.05, 0) is 35.4 Å². The van der Waals surface area contributed by atoms with Crippen LogP contribution in [0.15, 0.2) is 158 Å². The SMILES string of the molecule is Oc1ccccc1C(NC(c1ccccc1)[C@H](NC(c1ccccc1O)c1ccccc1O)c1ccccc1)c1ccccc1O. The number of phenolic OH excluding ortho intramolecular Hbond substituents is 4. The Kier molecular flexibility index (Phi) is 9.29. The quantitative estimate of drug-likeness (QED) is 0.0889. The first kappa shape index (κ1) is 30.5. The molecule has 0 aliphatic carbocycles. The molecule has 46 heavy (non-hydrogen) atoms. The molecule has 0 bridgehead atoms. The third-order valence-corrected chi connectivity index (χ3v) is 8.33. The number of hydrogen-bond donors (Lipinski definition) is 6. The van der Waals surface area contributed by atoms with Crippen LogP contribution in [-0.4, -0.2) is 20.4 Å².